The number of benzene rings is 3. The predicted molar refractivity (Wildman–Crippen MR) is 168 cm³/mol. The van der Waals surface area contributed by atoms with Crippen LogP contribution in [0.1, 0.15) is 43.0 Å². The highest BCUT2D eigenvalue weighted by Gasteiger charge is 2.25. The van der Waals surface area contributed by atoms with Gasteiger partial charge in [-0.3, -0.25) is 4.90 Å². The highest BCUT2D eigenvalue weighted by atomic mass is 35.5. The fraction of sp³-hybridized carbons (Fsp3) is 0.242. The van der Waals surface area contributed by atoms with Gasteiger partial charge in [-0.15, -0.1) is 11.3 Å². The van der Waals surface area contributed by atoms with Gasteiger partial charge in [0.05, 0.1) is 31.9 Å². The molecule has 8 heteroatoms. The van der Waals surface area contributed by atoms with Gasteiger partial charge < -0.3 is 0 Å². The van der Waals surface area contributed by atoms with Crippen molar-refractivity contribution in [2.24, 2.45) is 0 Å². The molecule has 3 aromatic carbocycles. The van der Waals surface area contributed by atoms with Gasteiger partial charge in [0.2, 0.25) is 0 Å². The number of rotatable bonds is 7. The Kier molecular flexibility index (Phi) is 8.13. The SMILES string of the molecule is CS(=O)(=O)c1cccc(-c2ccc(-c3cc(CN4CCCCCC4c4ccccc4)nn3-c3ccccc3Cl)s2)c1. The topological polar surface area (TPSA) is 55.2 Å². The van der Waals surface area contributed by atoms with E-state index in [2.05, 4.69) is 47.4 Å². The largest absolute Gasteiger partial charge is 0.290 e. The van der Waals surface area contributed by atoms with Crippen molar-refractivity contribution in [2.45, 2.75) is 43.2 Å². The van der Waals surface area contributed by atoms with Crippen LogP contribution in [0.5, 0.6) is 0 Å². The molecule has 1 unspecified atom stereocenters. The number of likely N-dealkylation sites (tertiary alicyclic amines) is 1. The van der Waals surface area contributed by atoms with Gasteiger partial charge in [0, 0.05) is 23.7 Å². The third-order valence-electron chi connectivity index (χ3n) is 7.66. The van der Waals surface area contributed by atoms with Gasteiger partial charge >= 0.3 is 0 Å². The molecule has 1 aliphatic heterocycles. The van der Waals surface area contributed by atoms with Crippen LogP contribution in [0.3, 0.4) is 0 Å². The molecule has 1 aliphatic rings. The summed E-state index contributed by atoms with van der Waals surface area (Å²) in [5, 5.41) is 5.75. The average molecular weight is 602 g/mol. The maximum Gasteiger partial charge on any atom is 0.175 e. The second kappa shape index (κ2) is 11.9. The Labute approximate surface area is 251 Å². The van der Waals surface area contributed by atoms with Crippen molar-refractivity contribution in [3.05, 3.63) is 113 Å². The number of sulfone groups is 1. The quantitative estimate of drug-likeness (QED) is 0.188. The summed E-state index contributed by atoms with van der Waals surface area (Å²) in [6.45, 7) is 1.78. The number of halogens is 1. The third-order valence-corrected chi connectivity index (χ3v) is 10.2. The van der Waals surface area contributed by atoms with Crippen LogP contribution in [0.2, 0.25) is 5.02 Å². The van der Waals surface area contributed by atoms with Gasteiger partial charge in [0.15, 0.2) is 9.84 Å². The lowest BCUT2D eigenvalue weighted by molar-refractivity contribution is 0.190. The fourth-order valence-corrected chi connectivity index (χ4v) is 7.50. The molecule has 1 saturated heterocycles. The Morgan fingerprint density at radius 2 is 1.66 bits per heavy atom. The van der Waals surface area contributed by atoms with E-state index in [0.717, 1.165) is 51.9 Å². The summed E-state index contributed by atoms with van der Waals surface area (Å²) in [4.78, 5) is 4.93. The molecule has 5 nitrogen and oxygen atoms in total. The highest BCUT2D eigenvalue weighted by Crippen LogP contribution is 2.38. The number of para-hydroxylation sites is 1. The molecular formula is C33H32ClN3O2S2. The summed E-state index contributed by atoms with van der Waals surface area (Å²) in [6, 6.07) is 32.4. The Morgan fingerprint density at radius 3 is 2.46 bits per heavy atom. The van der Waals surface area contributed by atoms with Gasteiger partial charge in [-0.2, -0.15) is 5.10 Å². The van der Waals surface area contributed by atoms with Crippen LogP contribution >= 0.6 is 22.9 Å². The summed E-state index contributed by atoms with van der Waals surface area (Å²) >= 11 is 8.30. The first-order chi connectivity index (χ1) is 19.9. The monoisotopic (exact) mass is 601 g/mol. The van der Waals surface area contributed by atoms with Gasteiger partial charge in [-0.05, 0) is 73.0 Å². The molecule has 210 valence electrons. The molecule has 0 spiro atoms. The molecule has 3 heterocycles. The Morgan fingerprint density at radius 1 is 0.878 bits per heavy atom. The summed E-state index contributed by atoms with van der Waals surface area (Å²) in [6.07, 6.45) is 6.04. The van der Waals surface area contributed by atoms with Crippen molar-refractivity contribution in [3.63, 3.8) is 0 Å². The minimum absolute atomic E-state index is 0.318. The van der Waals surface area contributed by atoms with Crippen LogP contribution in [-0.4, -0.2) is 35.9 Å². The number of nitrogens with zero attached hydrogens (tertiary/aromatic N) is 3. The molecule has 2 aromatic heterocycles. The van der Waals surface area contributed by atoms with Crippen molar-refractivity contribution in [2.75, 3.05) is 12.8 Å². The van der Waals surface area contributed by atoms with Gasteiger partial charge in [-0.25, -0.2) is 13.1 Å². The van der Waals surface area contributed by atoms with E-state index in [1.54, 1.807) is 29.5 Å². The van der Waals surface area contributed by atoms with Crippen molar-refractivity contribution >= 4 is 32.8 Å². The first-order valence-corrected chi connectivity index (χ1v) is 17.0. The summed E-state index contributed by atoms with van der Waals surface area (Å²) in [5.74, 6) is 0. The van der Waals surface area contributed by atoms with E-state index in [-0.39, 0.29) is 0 Å². The molecule has 1 fully saturated rings. The van der Waals surface area contributed by atoms with E-state index in [4.69, 9.17) is 16.7 Å². The van der Waals surface area contributed by atoms with E-state index in [0.29, 0.717) is 16.0 Å². The zero-order valence-corrected chi connectivity index (χ0v) is 25.3. The highest BCUT2D eigenvalue weighted by molar-refractivity contribution is 7.90. The number of hydrogen-bond donors (Lipinski definition) is 0. The minimum atomic E-state index is -3.29. The molecule has 6 rings (SSSR count). The van der Waals surface area contributed by atoms with Crippen molar-refractivity contribution in [1.82, 2.24) is 14.7 Å². The van der Waals surface area contributed by atoms with E-state index in [1.165, 1.54) is 31.1 Å². The molecule has 0 radical (unpaired) electrons. The first kappa shape index (κ1) is 27.9. The molecule has 0 saturated carbocycles. The zero-order valence-electron chi connectivity index (χ0n) is 22.9. The van der Waals surface area contributed by atoms with Crippen molar-refractivity contribution in [1.29, 1.82) is 0 Å². The Balaban J connectivity index is 1.38. The van der Waals surface area contributed by atoms with E-state index in [9.17, 15) is 8.42 Å². The second-order valence-corrected chi connectivity index (χ2v) is 14.1. The van der Waals surface area contributed by atoms with Crippen LogP contribution < -0.4 is 0 Å². The normalized spacial score (nSPS) is 16.5. The van der Waals surface area contributed by atoms with E-state index < -0.39 is 9.84 Å². The smallest absolute Gasteiger partial charge is 0.175 e. The van der Waals surface area contributed by atoms with Crippen LogP contribution in [0.4, 0.5) is 0 Å². The lowest BCUT2D eigenvalue weighted by Crippen LogP contribution is -2.28. The zero-order chi connectivity index (χ0) is 28.4. The summed E-state index contributed by atoms with van der Waals surface area (Å²) in [5.41, 5.74) is 5.04. The summed E-state index contributed by atoms with van der Waals surface area (Å²) in [7, 11) is -3.29. The van der Waals surface area contributed by atoms with E-state index >= 15 is 0 Å². The average Bonchev–Trinajstić information content (AvgIpc) is 3.56. The van der Waals surface area contributed by atoms with E-state index in [1.807, 2.05) is 41.1 Å². The van der Waals surface area contributed by atoms with Crippen molar-refractivity contribution < 1.29 is 8.42 Å². The van der Waals surface area contributed by atoms with Crippen molar-refractivity contribution in [3.8, 4) is 26.7 Å². The van der Waals surface area contributed by atoms with Crippen LogP contribution in [-0.2, 0) is 16.4 Å². The molecule has 0 aliphatic carbocycles. The number of hydrogen-bond acceptors (Lipinski definition) is 5. The van der Waals surface area contributed by atoms with Crippen LogP contribution in [0, 0.1) is 0 Å². The molecular weight excluding hydrogens is 570 g/mol. The summed E-state index contributed by atoms with van der Waals surface area (Å²) < 4.78 is 26.3. The number of thiophene rings is 1. The molecule has 0 amide bonds. The second-order valence-electron chi connectivity index (χ2n) is 10.6. The van der Waals surface area contributed by atoms with Crippen LogP contribution in [0.25, 0.3) is 26.7 Å². The number of aromatic nitrogens is 2. The van der Waals surface area contributed by atoms with Gasteiger partial charge in [0.1, 0.15) is 0 Å². The van der Waals surface area contributed by atoms with Crippen LogP contribution in [0.15, 0.2) is 102 Å². The maximum absolute atomic E-state index is 12.2. The first-order valence-electron chi connectivity index (χ1n) is 13.9. The third kappa shape index (κ3) is 6.19. The molecule has 5 aromatic rings. The minimum Gasteiger partial charge on any atom is -0.290 e. The maximum atomic E-state index is 12.2. The molecule has 41 heavy (non-hydrogen) atoms. The Hall–Kier alpha value is -3.23. The standard InChI is InChI=1S/C33H32ClN3O2S2/c1-41(38,39)27-14-10-13-25(21-27)32-18-19-33(40-32)31-22-26(35-37(31)30-17-8-7-15-28(30)34)23-36-20-9-3-6-16-29(36)24-11-4-2-5-12-24/h2,4-5,7-8,10-15,17-19,21-22,29H,3,6,9,16,20,23H2,1H3. The lowest BCUT2D eigenvalue weighted by atomic mass is 10.0. The van der Waals surface area contributed by atoms with Gasteiger partial charge in [-0.1, -0.05) is 79.0 Å². The fourth-order valence-electron chi connectivity index (χ4n) is 5.62. The predicted octanol–water partition coefficient (Wildman–Crippen LogP) is 8.44. The Bertz CT molecular complexity index is 1760. The lowest BCUT2D eigenvalue weighted by Gasteiger charge is -2.29. The van der Waals surface area contributed by atoms with Gasteiger partial charge in [0.25, 0.3) is 0 Å². The molecule has 0 bridgehead atoms. The molecule has 0 N–H and O–H groups in total. The molecule has 1 atom stereocenters.